The van der Waals surface area contributed by atoms with Crippen molar-refractivity contribution in [3.05, 3.63) is 29.8 Å². The lowest BCUT2D eigenvalue weighted by atomic mass is 9.77. The summed E-state index contributed by atoms with van der Waals surface area (Å²) in [7, 11) is 0. The fourth-order valence-corrected chi connectivity index (χ4v) is 5.28. The minimum absolute atomic E-state index is 0.0388. The van der Waals surface area contributed by atoms with Gasteiger partial charge in [0.25, 0.3) is 5.91 Å². The van der Waals surface area contributed by atoms with Gasteiger partial charge >= 0.3 is 0 Å². The number of benzene rings is 1. The van der Waals surface area contributed by atoms with E-state index in [9.17, 15) is 14.4 Å². The average Bonchev–Trinajstić information content (AvgIpc) is 3.51. The van der Waals surface area contributed by atoms with Crippen LogP contribution in [0, 0.1) is 5.92 Å². The SMILES string of the molecule is O=C(Nc1ccc(C(=O)N2CCC[C@]3(CCN3CC(=O)N3CCCC3)C2)cc1)C1CC1. The first kappa shape index (κ1) is 20.5. The molecule has 0 aromatic heterocycles. The topological polar surface area (TPSA) is 73.0 Å². The molecule has 1 N–H and O–H groups in total. The number of hydrogen-bond acceptors (Lipinski definition) is 4. The largest absolute Gasteiger partial charge is 0.342 e. The number of likely N-dealkylation sites (tertiary alicyclic amines) is 3. The fraction of sp³-hybridized carbons (Fsp3) is 0.625. The molecule has 7 heteroatoms. The van der Waals surface area contributed by atoms with Gasteiger partial charge in [-0.25, -0.2) is 0 Å². The Morgan fingerprint density at radius 3 is 2.26 bits per heavy atom. The molecule has 4 fully saturated rings. The molecule has 7 nitrogen and oxygen atoms in total. The zero-order valence-corrected chi connectivity index (χ0v) is 18.1. The van der Waals surface area contributed by atoms with Crippen molar-refractivity contribution in [3.8, 4) is 0 Å². The maximum Gasteiger partial charge on any atom is 0.253 e. The number of rotatable bonds is 5. The maximum atomic E-state index is 13.2. The van der Waals surface area contributed by atoms with Crippen LogP contribution in [0.25, 0.3) is 0 Å². The van der Waals surface area contributed by atoms with E-state index in [2.05, 4.69) is 10.2 Å². The summed E-state index contributed by atoms with van der Waals surface area (Å²) >= 11 is 0. The third-order valence-corrected chi connectivity index (χ3v) is 7.49. The second-order valence-corrected chi connectivity index (χ2v) is 9.65. The molecule has 1 spiro atoms. The number of amides is 3. The van der Waals surface area contributed by atoms with Crippen molar-refractivity contribution in [3.63, 3.8) is 0 Å². The van der Waals surface area contributed by atoms with Gasteiger partial charge in [-0.05, 0) is 69.2 Å². The van der Waals surface area contributed by atoms with Gasteiger partial charge in [-0.2, -0.15) is 0 Å². The highest BCUT2D eigenvalue weighted by atomic mass is 16.2. The molecule has 31 heavy (non-hydrogen) atoms. The molecule has 0 radical (unpaired) electrons. The van der Waals surface area contributed by atoms with Gasteiger partial charge in [-0.3, -0.25) is 19.3 Å². The first-order valence-corrected chi connectivity index (χ1v) is 11.8. The molecule has 3 amide bonds. The van der Waals surface area contributed by atoms with Gasteiger partial charge in [0.1, 0.15) is 0 Å². The third kappa shape index (κ3) is 4.20. The number of nitrogens with zero attached hydrogens (tertiary/aromatic N) is 3. The molecule has 1 atom stereocenters. The molecule has 1 saturated carbocycles. The van der Waals surface area contributed by atoms with E-state index >= 15 is 0 Å². The van der Waals surface area contributed by atoms with Gasteiger partial charge in [0.2, 0.25) is 11.8 Å². The van der Waals surface area contributed by atoms with Crippen molar-refractivity contribution in [2.75, 3.05) is 44.6 Å². The van der Waals surface area contributed by atoms with E-state index in [4.69, 9.17) is 0 Å². The predicted octanol–water partition coefficient (Wildman–Crippen LogP) is 2.34. The Hall–Kier alpha value is -2.41. The molecule has 0 unspecified atom stereocenters. The van der Waals surface area contributed by atoms with Gasteiger partial charge in [0, 0.05) is 55.4 Å². The van der Waals surface area contributed by atoms with Gasteiger partial charge < -0.3 is 15.1 Å². The van der Waals surface area contributed by atoms with E-state index in [0.717, 1.165) is 76.8 Å². The molecule has 1 aliphatic carbocycles. The van der Waals surface area contributed by atoms with E-state index in [-0.39, 0.29) is 29.2 Å². The molecule has 5 rings (SSSR count). The normalized spacial score (nSPS) is 26.1. The van der Waals surface area contributed by atoms with Crippen LogP contribution in [0.4, 0.5) is 5.69 Å². The molecule has 1 aromatic rings. The van der Waals surface area contributed by atoms with E-state index < -0.39 is 0 Å². The maximum absolute atomic E-state index is 13.2. The Bertz CT molecular complexity index is 860. The van der Waals surface area contributed by atoms with E-state index in [1.54, 1.807) is 0 Å². The number of piperidine rings is 1. The Morgan fingerprint density at radius 1 is 0.903 bits per heavy atom. The second-order valence-electron chi connectivity index (χ2n) is 9.65. The molecule has 1 aromatic carbocycles. The van der Waals surface area contributed by atoms with Crippen LogP contribution in [0.1, 0.15) is 55.3 Å². The van der Waals surface area contributed by atoms with E-state index in [1.165, 1.54) is 0 Å². The highest BCUT2D eigenvalue weighted by Crippen LogP contribution is 2.39. The first-order chi connectivity index (χ1) is 15.0. The van der Waals surface area contributed by atoms with Gasteiger partial charge in [-0.15, -0.1) is 0 Å². The average molecular weight is 425 g/mol. The Kier molecular flexibility index (Phi) is 5.46. The molecular formula is C24H32N4O3. The zero-order valence-electron chi connectivity index (χ0n) is 18.1. The van der Waals surface area contributed by atoms with Gasteiger partial charge in [0.05, 0.1) is 6.54 Å². The number of hydrogen-bond donors (Lipinski definition) is 1. The summed E-state index contributed by atoms with van der Waals surface area (Å²) in [5, 5.41) is 2.92. The molecular weight excluding hydrogens is 392 g/mol. The highest BCUT2D eigenvalue weighted by molar-refractivity contribution is 5.97. The van der Waals surface area contributed by atoms with Crippen molar-refractivity contribution in [2.45, 2.75) is 50.5 Å². The van der Waals surface area contributed by atoms with E-state index in [1.807, 2.05) is 34.1 Å². The highest BCUT2D eigenvalue weighted by Gasteiger charge is 2.48. The van der Waals surface area contributed by atoms with Crippen LogP contribution in [-0.2, 0) is 9.59 Å². The Morgan fingerprint density at radius 2 is 1.61 bits per heavy atom. The standard InChI is InChI=1S/C24H32N4O3/c29-21(26-12-1-2-13-26)16-28-15-11-24(28)10-3-14-27(17-24)23(31)19-6-8-20(9-7-19)25-22(30)18-4-5-18/h6-9,18H,1-5,10-17H2,(H,25,30)/t24-/m0/s1. The van der Waals surface area contributed by atoms with Crippen LogP contribution >= 0.6 is 0 Å². The summed E-state index contributed by atoms with van der Waals surface area (Å²) in [6.45, 7) is 4.66. The summed E-state index contributed by atoms with van der Waals surface area (Å²) in [6.07, 6.45) is 7.24. The molecule has 3 aliphatic heterocycles. The van der Waals surface area contributed by atoms with Crippen LogP contribution < -0.4 is 5.32 Å². The Balaban J connectivity index is 1.20. The molecule has 4 aliphatic rings. The number of nitrogens with one attached hydrogen (secondary N) is 1. The second kappa shape index (κ2) is 8.26. The third-order valence-electron chi connectivity index (χ3n) is 7.49. The minimum atomic E-state index is -0.0402. The Labute approximate surface area is 183 Å². The lowest BCUT2D eigenvalue weighted by Gasteiger charge is -2.57. The zero-order chi connectivity index (χ0) is 21.4. The molecule has 3 saturated heterocycles. The van der Waals surface area contributed by atoms with Crippen LogP contribution in [0.3, 0.4) is 0 Å². The molecule has 166 valence electrons. The van der Waals surface area contributed by atoms with Crippen molar-refractivity contribution in [1.29, 1.82) is 0 Å². The lowest BCUT2D eigenvalue weighted by molar-refractivity contribution is -0.138. The van der Waals surface area contributed by atoms with Gasteiger partial charge in [0.15, 0.2) is 0 Å². The van der Waals surface area contributed by atoms with E-state index in [0.29, 0.717) is 18.7 Å². The number of carbonyl (C=O) groups is 3. The van der Waals surface area contributed by atoms with Crippen molar-refractivity contribution >= 4 is 23.4 Å². The molecule has 0 bridgehead atoms. The number of carbonyl (C=O) groups excluding carboxylic acids is 3. The monoisotopic (exact) mass is 424 g/mol. The van der Waals surface area contributed by atoms with Crippen LogP contribution in [-0.4, -0.2) is 77.2 Å². The fourth-order valence-electron chi connectivity index (χ4n) is 5.28. The number of anilines is 1. The first-order valence-electron chi connectivity index (χ1n) is 11.8. The summed E-state index contributed by atoms with van der Waals surface area (Å²) < 4.78 is 0. The van der Waals surface area contributed by atoms with Crippen LogP contribution in [0.15, 0.2) is 24.3 Å². The van der Waals surface area contributed by atoms with Crippen molar-refractivity contribution < 1.29 is 14.4 Å². The summed E-state index contributed by atoms with van der Waals surface area (Å²) in [5.41, 5.74) is 1.36. The molecule has 3 heterocycles. The minimum Gasteiger partial charge on any atom is -0.342 e. The summed E-state index contributed by atoms with van der Waals surface area (Å²) in [4.78, 5) is 44.0. The lowest BCUT2D eigenvalue weighted by Crippen LogP contribution is -2.68. The predicted molar refractivity (Wildman–Crippen MR) is 118 cm³/mol. The van der Waals surface area contributed by atoms with Crippen LogP contribution in [0.5, 0.6) is 0 Å². The van der Waals surface area contributed by atoms with Crippen molar-refractivity contribution in [1.82, 2.24) is 14.7 Å². The summed E-state index contributed by atoms with van der Waals surface area (Å²) in [6, 6.07) is 7.25. The van der Waals surface area contributed by atoms with Gasteiger partial charge in [-0.1, -0.05) is 0 Å². The summed E-state index contributed by atoms with van der Waals surface area (Å²) in [5.74, 6) is 0.514. The smallest absolute Gasteiger partial charge is 0.253 e. The quantitative estimate of drug-likeness (QED) is 0.788. The van der Waals surface area contributed by atoms with Crippen molar-refractivity contribution in [2.24, 2.45) is 5.92 Å². The van der Waals surface area contributed by atoms with Crippen LogP contribution in [0.2, 0.25) is 0 Å².